The van der Waals surface area contributed by atoms with Gasteiger partial charge in [0.15, 0.2) is 0 Å². The summed E-state index contributed by atoms with van der Waals surface area (Å²) < 4.78 is 20.0. The summed E-state index contributed by atoms with van der Waals surface area (Å²) in [5.74, 6) is -2.46. The highest BCUT2D eigenvalue weighted by atomic mass is 32.2. The van der Waals surface area contributed by atoms with Crippen LogP contribution in [0.3, 0.4) is 0 Å². The molecule has 1 aliphatic rings. The van der Waals surface area contributed by atoms with Crippen LogP contribution in [0.4, 0.5) is 10.1 Å². The third-order valence-electron chi connectivity index (χ3n) is 5.10. The number of carbonyl (C=O) groups is 2. The van der Waals surface area contributed by atoms with E-state index in [-0.39, 0.29) is 35.0 Å². The molecule has 0 aliphatic carbocycles. The molecular formula is C26H24FN3O3S. The Balaban J connectivity index is 1.91. The predicted molar refractivity (Wildman–Crippen MR) is 131 cm³/mol. The Hall–Kier alpha value is -3.83. The van der Waals surface area contributed by atoms with E-state index in [1.807, 2.05) is 19.1 Å². The van der Waals surface area contributed by atoms with Crippen molar-refractivity contribution < 1.29 is 18.7 Å². The van der Waals surface area contributed by atoms with Crippen molar-refractivity contribution >= 4 is 29.3 Å². The predicted octanol–water partition coefficient (Wildman–Crippen LogP) is 4.93. The summed E-state index contributed by atoms with van der Waals surface area (Å²) >= 11 is 1.11. The lowest BCUT2D eigenvalue weighted by Gasteiger charge is -2.29. The molecule has 1 heterocycles. The van der Waals surface area contributed by atoms with Gasteiger partial charge in [-0.25, -0.2) is 9.18 Å². The smallest absolute Gasteiger partial charge is 0.337 e. The maximum atomic E-state index is 14.8. The van der Waals surface area contributed by atoms with Gasteiger partial charge in [-0.1, -0.05) is 60.3 Å². The van der Waals surface area contributed by atoms with Gasteiger partial charge in [-0.2, -0.15) is 5.26 Å². The molecule has 0 bridgehead atoms. The summed E-state index contributed by atoms with van der Waals surface area (Å²) in [4.78, 5) is 25.3. The molecule has 1 atom stereocenters. The molecule has 3 rings (SSSR count). The number of nitrogens with zero attached hydrogens (tertiary/aromatic N) is 1. The molecule has 0 fully saturated rings. The van der Waals surface area contributed by atoms with E-state index in [1.165, 1.54) is 24.3 Å². The van der Waals surface area contributed by atoms with Gasteiger partial charge < -0.3 is 15.4 Å². The number of anilines is 1. The van der Waals surface area contributed by atoms with Crippen molar-refractivity contribution in [3.63, 3.8) is 0 Å². The van der Waals surface area contributed by atoms with E-state index in [1.54, 1.807) is 25.1 Å². The summed E-state index contributed by atoms with van der Waals surface area (Å²) in [5.41, 5.74) is 2.60. The lowest BCUT2D eigenvalue weighted by atomic mass is 9.82. The summed E-state index contributed by atoms with van der Waals surface area (Å²) in [6.45, 7) is 7.12. The zero-order chi connectivity index (χ0) is 24.7. The van der Waals surface area contributed by atoms with Crippen LogP contribution in [0.1, 0.15) is 24.0 Å². The third-order valence-corrected chi connectivity index (χ3v) is 6.12. The van der Waals surface area contributed by atoms with Crippen LogP contribution in [-0.4, -0.2) is 24.2 Å². The zero-order valence-electron chi connectivity index (χ0n) is 18.9. The second-order valence-electron chi connectivity index (χ2n) is 7.56. The number of benzene rings is 2. The number of carbonyl (C=O) groups excluding carboxylic acids is 2. The molecule has 0 saturated heterocycles. The van der Waals surface area contributed by atoms with Crippen LogP contribution < -0.4 is 10.6 Å². The van der Waals surface area contributed by atoms with Crippen molar-refractivity contribution in [3.8, 4) is 6.07 Å². The highest BCUT2D eigenvalue weighted by Gasteiger charge is 2.37. The second-order valence-corrected chi connectivity index (χ2v) is 8.55. The largest absolute Gasteiger partial charge is 0.458 e. The van der Waals surface area contributed by atoms with E-state index in [9.17, 15) is 19.2 Å². The van der Waals surface area contributed by atoms with Gasteiger partial charge in [0, 0.05) is 16.9 Å². The standard InChI is InChI=1S/C26H24FN3O3S/c1-4-13-33-26(32)23-17(3)29-25(20(14-28)24(23)19-7-5-6-8-21(19)27)34-15-22(31)30-18-11-9-16(2)10-12-18/h4-12,24,29H,1,13,15H2,2-3H3,(H,30,31)/t24-/m0/s1. The second kappa shape index (κ2) is 11.3. The molecule has 1 aliphatic heterocycles. The first-order valence-corrected chi connectivity index (χ1v) is 11.5. The quantitative estimate of drug-likeness (QED) is 0.414. The molecule has 2 aromatic rings. The first-order valence-electron chi connectivity index (χ1n) is 10.5. The van der Waals surface area contributed by atoms with Crippen molar-refractivity contribution in [1.82, 2.24) is 5.32 Å². The number of thioether (sulfide) groups is 1. The fourth-order valence-electron chi connectivity index (χ4n) is 3.50. The van der Waals surface area contributed by atoms with Gasteiger partial charge in [0.25, 0.3) is 0 Å². The minimum atomic E-state index is -0.979. The molecule has 0 aromatic heterocycles. The van der Waals surface area contributed by atoms with E-state index >= 15 is 0 Å². The van der Waals surface area contributed by atoms with Crippen LogP contribution in [0.25, 0.3) is 0 Å². The van der Waals surface area contributed by atoms with Crippen LogP contribution in [0.2, 0.25) is 0 Å². The Labute approximate surface area is 202 Å². The van der Waals surface area contributed by atoms with Gasteiger partial charge in [-0.3, -0.25) is 4.79 Å². The fraction of sp³-hybridized carbons (Fsp3) is 0.192. The number of aryl methyl sites for hydroxylation is 1. The maximum Gasteiger partial charge on any atom is 0.337 e. The van der Waals surface area contributed by atoms with Crippen molar-refractivity contribution in [2.24, 2.45) is 0 Å². The molecule has 0 spiro atoms. The monoisotopic (exact) mass is 477 g/mol. The Morgan fingerprint density at radius 1 is 1.24 bits per heavy atom. The molecule has 34 heavy (non-hydrogen) atoms. The lowest BCUT2D eigenvalue weighted by molar-refractivity contribution is -0.138. The molecule has 0 saturated carbocycles. The molecule has 2 aromatic carbocycles. The Morgan fingerprint density at radius 3 is 2.59 bits per heavy atom. The maximum absolute atomic E-state index is 14.8. The average molecular weight is 478 g/mol. The van der Waals surface area contributed by atoms with Gasteiger partial charge in [-0.05, 0) is 32.0 Å². The van der Waals surface area contributed by atoms with Crippen molar-refractivity contribution in [1.29, 1.82) is 5.26 Å². The van der Waals surface area contributed by atoms with Gasteiger partial charge in [0.1, 0.15) is 12.4 Å². The number of nitriles is 1. The van der Waals surface area contributed by atoms with Crippen LogP contribution in [0, 0.1) is 24.1 Å². The number of esters is 1. The third kappa shape index (κ3) is 5.74. The van der Waals surface area contributed by atoms with Gasteiger partial charge >= 0.3 is 5.97 Å². The highest BCUT2D eigenvalue weighted by molar-refractivity contribution is 8.03. The minimum Gasteiger partial charge on any atom is -0.458 e. The number of allylic oxidation sites excluding steroid dienone is 2. The van der Waals surface area contributed by atoms with E-state index in [4.69, 9.17) is 4.74 Å². The van der Waals surface area contributed by atoms with E-state index in [0.29, 0.717) is 16.4 Å². The number of hydrogen-bond acceptors (Lipinski definition) is 6. The number of hydrogen-bond donors (Lipinski definition) is 2. The summed E-state index contributed by atoms with van der Waals surface area (Å²) in [6, 6.07) is 15.5. The van der Waals surface area contributed by atoms with Crippen LogP contribution in [0.15, 0.2) is 83.1 Å². The number of nitrogens with one attached hydrogen (secondary N) is 2. The first kappa shape index (κ1) is 24.8. The molecule has 1 amide bonds. The molecule has 6 nitrogen and oxygen atoms in total. The van der Waals surface area contributed by atoms with Crippen LogP contribution >= 0.6 is 11.8 Å². The molecule has 0 radical (unpaired) electrons. The van der Waals surface area contributed by atoms with E-state index < -0.39 is 17.7 Å². The van der Waals surface area contributed by atoms with Crippen molar-refractivity contribution in [2.75, 3.05) is 17.7 Å². The number of ether oxygens (including phenoxy) is 1. The molecule has 2 N–H and O–H groups in total. The SMILES string of the molecule is C=CCOC(=O)C1=C(C)NC(SCC(=O)Nc2ccc(C)cc2)=C(C#N)[C@@H]1c1ccccc1F. The van der Waals surface area contributed by atoms with E-state index in [0.717, 1.165) is 17.3 Å². The van der Waals surface area contributed by atoms with Gasteiger partial charge in [0.05, 0.1) is 33.9 Å². The molecular weight excluding hydrogens is 453 g/mol. The Morgan fingerprint density at radius 2 is 1.94 bits per heavy atom. The summed E-state index contributed by atoms with van der Waals surface area (Å²) in [6.07, 6.45) is 1.43. The Bertz CT molecular complexity index is 1210. The van der Waals surface area contributed by atoms with Crippen LogP contribution in [0.5, 0.6) is 0 Å². The number of amides is 1. The first-order chi connectivity index (χ1) is 16.3. The summed E-state index contributed by atoms with van der Waals surface area (Å²) in [7, 11) is 0. The van der Waals surface area contributed by atoms with Gasteiger partial charge in [-0.15, -0.1) is 0 Å². The summed E-state index contributed by atoms with van der Waals surface area (Å²) in [5, 5.41) is 16.2. The minimum absolute atomic E-state index is 0.00883. The number of rotatable bonds is 8. The molecule has 0 unspecified atom stereocenters. The highest BCUT2D eigenvalue weighted by Crippen LogP contribution is 2.41. The van der Waals surface area contributed by atoms with Crippen molar-refractivity contribution in [3.05, 3.63) is 100 Å². The lowest BCUT2D eigenvalue weighted by Crippen LogP contribution is -2.30. The molecule has 8 heteroatoms. The fourth-order valence-corrected chi connectivity index (χ4v) is 4.39. The Kier molecular flexibility index (Phi) is 8.28. The topological polar surface area (TPSA) is 91.2 Å². The normalized spacial score (nSPS) is 15.3. The molecule has 174 valence electrons. The van der Waals surface area contributed by atoms with Crippen LogP contribution in [-0.2, 0) is 14.3 Å². The van der Waals surface area contributed by atoms with Gasteiger partial charge in [0.2, 0.25) is 5.91 Å². The van der Waals surface area contributed by atoms with Crippen molar-refractivity contribution in [2.45, 2.75) is 19.8 Å². The zero-order valence-corrected chi connectivity index (χ0v) is 19.7. The number of halogens is 1. The number of dihydropyridines is 1. The van der Waals surface area contributed by atoms with E-state index in [2.05, 4.69) is 23.3 Å². The average Bonchev–Trinajstić information content (AvgIpc) is 2.82.